The number of rotatable bonds is 5. The first-order valence-electron chi connectivity index (χ1n) is 7.84. The minimum atomic E-state index is -0.00965. The number of methoxy groups -OCH3 is 1. The maximum absolute atomic E-state index is 12.0. The SMILES string of the molecule is COc1ccc(-c2cc(-c3ccc(C(=O)C(C)C)cc3)no2)cc1. The predicted molar refractivity (Wildman–Crippen MR) is 93.1 cm³/mol. The van der Waals surface area contributed by atoms with E-state index in [9.17, 15) is 4.79 Å². The number of ketones is 1. The van der Waals surface area contributed by atoms with Gasteiger partial charge in [0.05, 0.1) is 7.11 Å². The van der Waals surface area contributed by atoms with Crippen LogP contribution in [-0.4, -0.2) is 18.0 Å². The second-order valence-electron chi connectivity index (χ2n) is 5.90. The molecule has 0 N–H and O–H groups in total. The van der Waals surface area contributed by atoms with Crippen molar-refractivity contribution in [3.8, 4) is 28.3 Å². The number of aromatic nitrogens is 1. The van der Waals surface area contributed by atoms with Gasteiger partial charge in [-0.3, -0.25) is 4.79 Å². The van der Waals surface area contributed by atoms with Crippen molar-refractivity contribution < 1.29 is 14.1 Å². The summed E-state index contributed by atoms with van der Waals surface area (Å²) in [7, 11) is 1.63. The minimum Gasteiger partial charge on any atom is -0.497 e. The van der Waals surface area contributed by atoms with E-state index in [1.165, 1.54) is 0 Å². The first-order valence-corrected chi connectivity index (χ1v) is 7.84. The molecule has 0 saturated carbocycles. The van der Waals surface area contributed by atoms with Gasteiger partial charge >= 0.3 is 0 Å². The van der Waals surface area contributed by atoms with Crippen LogP contribution in [0.1, 0.15) is 24.2 Å². The fourth-order valence-electron chi connectivity index (χ4n) is 2.44. The van der Waals surface area contributed by atoms with Crippen LogP contribution in [0.25, 0.3) is 22.6 Å². The Hall–Kier alpha value is -2.88. The smallest absolute Gasteiger partial charge is 0.167 e. The third kappa shape index (κ3) is 3.23. The van der Waals surface area contributed by atoms with Crippen LogP contribution in [0.15, 0.2) is 59.1 Å². The summed E-state index contributed by atoms with van der Waals surface area (Å²) in [5, 5.41) is 4.12. The van der Waals surface area contributed by atoms with Gasteiger partial charge in [-0.25, -0.2) is 0 Å². The van der Waals surface area contributed by atoms with Crippen molar-refractivity contribution >= 4 is 5.78 Å². The van der Waals surface area contributed by atoms with Gasteiger partial charge < -0.3 is 9.26 Å². The average Bonchev–Trinajstić information content (AvgIpc) is 3.11. The summed E-state index contributed by atoms with van der Waals surface area (Å²) in [6.45, 7) is 3.80. The van der Waals surface area contributed by atoms with Crippen LogP contribution in [0, 0.1) is 5.92 Å². The van der Waals surface area contributed by atoms with Crippen LogP contribution in [0.2, 0.25) is 0 Å². The van der Waals surface area contributed by atoms with E-state index in [0.717, 1.165) is 22.6 Å². The first kappa shape index (κ1) is 16.0. The molecule has 24 heavy (non-hydrogen) atoms. The van der Waals surface area contributed by atoms with Crippen molar-refractivity contribution in [2.75, 3.05) is 7.11 Å². The molecule has 0 radical (unpaired) electrons. The third-order valence-corrected chi connectivity index (χ3v) is 3.87. The van der Waals surface area contributed by atoms with E-state index in [2.05, 4.69) is 5.16 Å². The fraction of sp³-hybridized carbons (Fsp3) is 0.200. The lowest BCUT2D eigenvalue weighted by Gasteiger charge is -2.04. The number of carbonyl (C=O) groups is 1. The number of hydrogen-bond donors (Lipinski definition) is 0. The second kappa shape index (κ2) is 6.71. The van der Waals surface area contributed by atoms with Crippen LogP contribution in [-0.2, 0) is 0 Å². The topological polar surface area (TPSA) is 52.3 Å². The van der Waals surface area contributed by atoms with E-state index in [4.69, 9.17) is 9.26 Å². The van der Waals surface area contributed by atoms with Crippen molar-refractivity contribution in [1.82, 2.24) is 5.16 Å². The van der Waals surface area contributed by atoms with E-state index < -0.39 is 0 Å². The van der Waals surface area contributed by atoms with Gasteiger partial charge in [-0.15, -0.1) is 0 Å². The number of Topliss-reactive ketones (excluding diaryl/α,β-unsaturated/α-hetero) is 1. The van der Waals surface area contributed by atoms with Crippen LogP contribution >= 0.6 is 0 Å². The highest BCUT2D eigenvalue weighted by molar-refractivity contribution is 5.97. The second-order valence-corrected chi connectivity index (χ2v) is 5.90. The van der Waals surface area contributed by atoms with Crippen molar-refractivity contribution in [2.24, 2.45) is 5.92 Å². The van der Waals surface area contributed by atoms with E-state index >= 15 is 0 Å². The molecule has 2 aromatic carbocycles. The molecule has 3 aromatic rings. The zero-order valence-corrected chi connectivity index (χ0v) is 13.9. The Bertz CT molecular complexity index is 830. The molecule has 4 nitrogen and oxygen atoms in total. The van der Waals surface area contributed by atoms with Gasteiger partial charge in [0, 0.05) is 28.7 Å². The molecule has 0 fully saturated rings. The highest BCUT2D eigenvalue weighted by Crippen LogP contribution is 2.27. The molecule has 0 spiro atoms. The maximum atomic E-state index is 12.0. The summed E-state index contributed by atoms with van der Waals surface area (Å²) in [5.74, 6) is 1.61. The van der Waals surface area contributed by atoms with E-state index in [-0.39, 0.29) is 11.7 Å². The zero-order valence-electron chi connectivity index (χ0n) is 13.9. The Labute approximate surface area is 141 Å². The number of carbonyl (C=O) groups excluding carboxylic acids is 1. The molecule has 0 aliphatic heterocycles. The lowest BCUT2D eigenvalue weighted by Crippen LogP contribution is -2.06. The Balaban J connectivity index is 1.83. The Kier molecular flexibility index (Phi) is 4.47. The molecule has 0 aliphatic rings. The predicted octanol–water partition coefficient (Wildman–Crippen LogP) is 4.86. The van der Waals surface area contributed by atoms with Crippen molar-refractivity contribution in [1.29, 1.82) is 0 Å². The number of nitrogens with zero attached hydrogens (tertiary/aromatic N) is 1. The monoisotopic (exact) mass is 321 g/mol. The lowest BCUT2D eigenvalue weighted by molar-refractivity contribution is 0.0939. The molecule has 3 rings (SSSR count). The van der Waals surface area contributed by atoms with Gasteiger partial charge in [-0.1, -0.05) is 43.3 Å². The molecular formula is C20H19NO3. The standard InChI is InChI=1S/C20H19NO3/c1-13(2)20(22)16-6-4-14(5-7-16)18-12-19(24-21-18)15-8-10-17(23-3)11-9-15/h4-13H,1-3H3. The van der Waals surface area contributed by atoms with E-state index in [1.54, 1.807) is 7.11 Å². The Morgan fingerprint density at radius 1 is 1.00 bits per heavy atom. The molecule has 0 amide bonds. The van der Waals surface area contributed by atoms with Gasteiger partial charge in [0.2, 0.25) is 0 Å². The number of benzene rings is 2. The summed E-state index contributed by atoms with van der Waals surface area (Å²) in [6, 6.07) is 16.9. The number of ether oxygens (including phenoxy) is 1. The van der Waals surface area contributed by atoms with Crippen LogP contribution in [0.3, 0.4) is 0 Å². The molecule has 0 aliphatic carbocycles. The molecule has 4 heteroatoms. The average molecular weight is 321 g/mol. The van der Waals surface area contributed by atoms with Gasteiger partial charge in [0.15, 0.2) is 11.5 Å². The fourth-order valence-corrected chi connectivity index (χ4v) is 2.44. The van der Waals surface area contributed by atoms with Gasteiger partial charge in [-0.2, -0.15) is 0 Å². The molecule has 122 valence electrons. The molecule has 0 unspecified atom stereocenters. The van der Waals surface area contributed by atoms with Crippen molar-refractivity contribution in [3.63, 3.8) is 0 Å². The van der Waals surface area contributed by atoms with E-state index in [0.29, 0.717) is 11.3 Å². The highest BCUT2D eigenvalue weighted by atomic mass is 16.5. The Morgan fingerprint density at radius 3 is 2.21 bits per heavy atom. The molecular weight excluding hydrogens is 302 g/mol. The minimum absolute atomic E-state index is 0.00965. The first-order chi connectivity index (χ1) is 11.6. The summed E-state index contributed by atoms with van der Waals surface area (Å²) >= 11 is 0. The van der Waals surface area contributed by atoms with Gasteiger partial charge in [0.1, 0.15) is 11.4 Å². The molecule has 0 atom stereocenters. The highest BCUT2D eigenvalue weighted by Gasteiger charge is 2.12. The summed E-state index contributed by atoms with van der Waals surface area (Å²) in [4.78, 5) is 12.0. The largest absolute Gasteiger partial charge is 0.497 e. The maximum Gasteiger partial charge on any atom is 0.167 e. The summed E-state index contributed by atoms with van der Waals surface area (Å²) < 4.78 is 10.6. The quantitative estimate of drug-likeness (QED) is 0.630. The molecule has 0 saturated heterocycles. The van der Waals surface area contributed by atoms with Gasteiger partial charge in [-0.05, 0) is 24.3 Å². The summed E-state index contributed by atoms with van der Waals surface area (Å²) in [5.41, 5.74) is 3.30. The van der Waals surface area contributed by atoms with Crippen molar-refractivity contribution in [2.45, 2.75) is 13.8 Å². The normalized spacial score (nSPS) is 10.8. The van der Waals surface area contributed by atoms with Gasteiger partial charge in [0.25, 0.3) is 0 Å². The van der Waals surface area contributed by atoms with Crippen LogP contribution in [0.4, 0.5) is 0 Å². The number of hydrogen-bond acceptors (Lipinski definition) is 4. The van der Waals surface area contributed by atoms with Crippen molar-refractivity contribution in [3.05, 3.63) is 60.2 Å². The Morgan fingerprint density at radius 2 is 1.62 bits per heavy atom. The molecule has 1 heterocycles. The van der Waals surface area contributed by atoms with E-state index in [1.807, 2.05) is 68.4 Å². The third-order valence-electron chi connectivity index (χ3n) is 3.87. The summed E-state index contributed by atoms with van der Waals surface area (Å²) in [6.07, 6.45) is 0. The molecule has 1 aromatic heterocycles. The van der Waals surface area contributed by atoms with Crippen LogP contribution < -0.4 is 4.74 Å². The molecule has 0 bridgehead atoms. The zero-order chi connectivity index (χ0) is 17.1. The lowest BCUT2D eigenvalue weighted by atomic mass is 9.99. The van der Waals surface area contributed by atoms with Crippen LogP contribution in [0.5, 0.6) is 5.75 Å².